The Morgan fingerprint density at radius 1 is 0.871 bits per heavy atom. The molecule has 3 aromatic rings. The first-order valence-electron chi connectivity index (χ1n) is 9.90. The van der Waals surface area contributed by atoms with Crippen LogP contribution in [0.4, 0.5) is 5.69 Å². The normalized spacial score (nSPS) is 16.6. The number of carbonyl (C=O) groups is 1. The molecule has 4 rings (SSSR count). The van der Waals surface area contributed by atoms with Crippen LogP contribution in [0.1, 0.15) is 16.7 Å². The minimum atomic E-state index is -0.898. The van der Waals surface area contributed by atoms with E-state index >= 15 is 0 Å². The minimum absolute atomic E-state index is 0.279. The van der Waals surface area contributed by atoms with Crippen LogP contribution in [0.5, 0.6) is 0 Å². The molecule has 31 heavy (non-hydrogen) atoms. The van der Waals surface area contributed by atoms with E-state index in [9.17, 15) is 4.79 Å². The SMILES string of the molecule is NC(=CC=C(N)c1ccccc1)NC1N=C(c2ccccc2)c2ccccc2NC1=O. The molecule has 6 heteroatoms. The summed E-state index contributed by atoms with van der Waals surface area (Å²) < 4.78 is 0. The highest BCUT2D eigenvalue weighted by Crippen LogP contribution is 2.23. The van der Waals surface area contributed by atoms with E-state index in [0.29, 0.717) is 17.1 Å². The van der Waals surface area contributed by atoms with Crippen LogP contribution in [0.25, 0.3) is 5.70 Å². The summed E-state index contributed by atoms with van der Waals surface area (Å²) in [7, 11) is 0. The average molecular weight is 409 g/mol. The van der Waals surface area contributed by atoms with Crippen LogP contribution in [0.3, 0.4) is 0 Å². The number of nitrogens with zero attached hydrogens (tertiary/aromatic N) is 1. The predicted octanol–water partition coefficient (Wildman–Crippen LogP) is 3.19. The minimum Gasteiger partial charge on any atom is -0.398 e. The molecule has 0 spiro atoms. The van der Waals surface area contributed by atoms with Crippen LogP contribution >= 0.6 is 0 Å². The number of nitrogens with one attached hydrogen (secondary N) is 2. The number of allylic oxidation sites excluding steroid dienone is 2. The molecular formula is C25H23N5O. The molecular weight excluding hydrogens is 386 g/mol. The zero-order valence-electron chi connectivity index (χ0n) is 16.8. The molecule has 1 amide bonds. The van der Waals surface area contributed by atoms with Crippen molar-refractivity contribution in [2.45, 2.75) is 6.17 Å². The summed E-state index contributed by atoms with van der Waals surface area (Å²) in [4.78, 5) is 17.6. The van der Waals surface area contributed by atoms with Gasteiger partial charge in [0.25, 0.3) is 5.91 Å². The summed E-state index contributed by atoms with van der Waals surface area (Å²) in [5, 5.41) is 5.92. The number of carbonyl (C=O) groups excluding carboxylic acids is 1. The summed E-state index contributed by atoms with van der Waals surface area (Å²) in [5.74, 6) is -0.0177. The van der Waals surface area contributed by atoms with E-state index in [0.717, 1.165) is 16.7 Å². The fourth-order valence-corrected chi connectivity index (χ4v) is 3.29. The molecule has 3 aromatic carbocycles. The summed E-state index contributed by atoms with van der Waals surface area (Å²) in [5.41, 5.74) is 16.9. The number of rotatable bonds is 5. The standard InChI is InChI=1S/C25H23N5O/c26-20(17-9-3-1-4-10-17)15-16-22(27)29-24-25(31)28-21-14-8-7-13-19(21)23(30-24)18-11-5-2-6-12-18/h1-16,24,29H,26-27H2,(H,28,31). The third-order valence-corrected chi connectivity index (χ3v) is 4.85. The molecule has 6 N–H and O–H groups in total. The maximum absolute atomic E-state index is 12.8. The van der Waals surface area contributed by atoms with Gasteiger partial charge in [-0.25, -0.2) is 4.99 Å². The number of aliphatic imine (C=N–C) groups is 1. The molecule has 0 saturated heterocycles. The highest BCUT2D eigenvalue weighted by molar-refractivity contribution is 6.19. The van der Waals surface area contributed by atoms with Gasteiger partial charge in [0.2, 0.25) is 6.17 Å². The Balaban J connectivity index is 1.64. The molecule has 0 radical (unpaired) electrons. The molecule has 0 bridgehead atoms. The zero-order valence-corrected chi connectivity index (χ0v) is 16.8. The Morgan fingerprint density at radius 2 is 1.52 bits per heavy atom. The Bertz CT molecular complexity index is 1170. The van der Waals surface area contributed by atoms with Crippen LogP contribution < -0.4 is 22.1 Å². The maximum atomic E-state index is 12.8. The van der Waals surface area contributed by atoms with E-state index in [4.69, 9.17) is 16.5 Å². The van der Waals surface area contributed by atoms with Gasteiger partial charge in [-0.15, -0.1) is 0 Å². The molecule has 0 fully saturated rings. The first-order valence-corrected chi connectivity index (χ1v) is 9.90. The van der Waals surface area contributed by atoms with Crippen LogP contribution in [0.2, 0.25) is 0 Å². The van der Waals surface area contributed by atoms with Crippen molar-refractivity contribution in [1.82, 2.24) is 5.32 Å². The van der Waals surface area contributed by atoms with Gasteiger partial charge in [-0.2, -0.15) is 0 Å². The second kappa shape index (κ2) is 9.00. The van der Waals surface area contributed by atoms with Gasteiger partial charge in [-0.05, 0) is 23.8 Å². The van der Waals surface area contributed by atoms with Gasteiger partial charge < -0.3 is 22.1 Å². The van der Waals surface area contributed by atoms with E-state index in [1.54, 1.807) is 12.2 Å². The topological polar surface area (TPSA) is 106 Å². The van der Waals surface area contributed by atoms with Crippen molar-refractivity contribution in [3.05, 3.63) is 120 Å². The van der Waals surface area contributed by atoms with Crippen molar-refractivity contribution in [3.63, 3.8) is 0 Å². The number of benzodiazepines with no additional fused rings is 1. The van der Waals surface area contributed by atoms with Gasteiger partial charge in [0.1, 0.15) is 0 Å². The van der Waals surface area contributed by atoms with Crippen molar-refractivity contribution in [1.29, 1.82) is 0 Å². The Hall–Kier alpha value is -4.32. The lowest BCUT2D eigenvalue weighted by atomic mass is 10.0. The molecule has 1 aliphatic rings. The smallest absolute Gasteiger partial charge is 0.269 e. The third kappa shape index (κ3) is 4.64. The quantitative estimate of drug-likeness (QED) is 0.486. The number of benzene rings is 3. The number of amides is 1. The van der Waals surface area contributed by atoms with Crippen molar-refractivity contribution in [3.8, 4) is 0 Å². The summed E-state index contributed by atoms with van der Waals surface area (Å²) in [6.45, 7) is 0. The number of fused-ring (bicyclic) bond motifs is 1. The van der Waals surface area contributed by atoms with Gasteiger partial charge in [-0.3, -0.25) is 4.79 Å². The second-order valence-corrected chi connectivity index (χ2v) is 7.04. The number of anilines is 1. The zero-order chi connectivity index (χ0) is 21.6. The molecule has 1 heterocycles. The lowest BCUT2D eigenvalue weighted by molar-refractivity contribution is -0.117. The summed E-state index contributed by atoms with van der Waals surface area (Å²) in [6, 6.07) is 26.9. The highest BCUT2D eigenvalue weighted by atomic mass is 16.2. The van der Waals surface area contributed by atoms with Gasteiger partial charge in [0.15, 0.2) is 0 Å². The molecule has 1 aliphatic heterocycles. The van der Waals surface area contributed by atoms with Gasteiger partial charge in [0.05, 0.1) is 17.2 Å². The molecule has 0 aromatic heterocycles. The number of para-hydroxylation sites is 1. The summed E-state index contributed by atoms with van der Waals surface area (Å²) in [6.07, 6.45) is 2.43. The molecule has 1 atom stereocenters. The fourth-order valence-electron chi connectivity index (χ4n) is 3.29. The average Bonchev–Trinajstić information content (AvgIpc) is 2.95. The fraction of sp³-hybridized carbons (Fsp3) is 0.0400. The Labute approximate surface area is 181 Å². The lowest BCUT2D eigenvalue weighted by Crippen LogP contribution is -2.40. The van der Waals surface area contributed by atoms with Gasteiger partial charge in [0, 0.05) is 16.8 Å². The number of nitrogens with two attached hydrogens (primary N) is 2. The second-order valence-electron chi connectivity index (χ2n) is 7.04. The third-order valence-electron chi connectivity index (χ3n) is 4.85. The molecule has 0 saturated carbocycles. The van der Waals surface area contributed by atoms with Crippen LogP contribution in [0.15, 0.2) is 108 Å². The van der Waals surface area contributed by atoms with Crippen molar-refractivity contribution >= 4 is 23.0 Å². The largest absolute Gasteiger partial charge is 0.398 e. The van der Waals surface area contributed by atoms with E-state index < -0.39 is 6.17 Å². The van der Waals surface area contributed by atoms with Crippen LogP contribution in [0, 0.1) is 0 Å². The predicted molar refractivity (Wildman–Crippen MR) is 125 cm³/mol. The molecule has 6 nitrogen and oxygen atoms in total. The van der Waals surface area contributed by atoms with E-state index in [1.807, 2.05) is 84.9 Å². The van der Waals surface area contributed by atoms with Crippen molar-refractivity contribution in [2.24, 2.45) is 16.5 Å². The first kappa shape index (κ1) is 20.0. The van der Waals surface area contributed by atoms with Crippen molar-refractivity contribution < 1.29 is 4.79 Å². The Morgan fingerprint density at radius 3 is 2.26 bits per heavy atom. The molecule has 1 unspecified atom stereocenters. The van der Waals surface area contributed by atoms with E-state index in [-0.39, 0.29) is 11.7 Å². The van der Waals surface area contributed by atoms with Crippen molar-refractivity contribution in [2.75, 3.05) is 5.32 Å². The van der Waals surface area contributed by atoms with Crippen LogP contribution in [-0.4, -0.2) is 17.8 Å². The van der Waals surface area contributed by atoms with E-state index in [2.05, 4.69) is 10.6 Å². The molecule has 0 aliphatic carbocycles. The van der Waals surface area contributed by atoms with Crippen LogP contribution in [-0.2, 0) is 4.79 Å². The lowest BCUT2D eigenvalue weighted by Gasteiger charge is -2.14. The molecule has 154 valence electrons. The van der Waals surface area contributed by atoms with E-state index in [1.165, 1.54) is 0 Å². The number of hydrogen-bond donors (Lipinski definition) is 4. The first-order chi connectivity index (χ1) is 15.1. The Kier molecular flexibility index (Phi) is 5.80. The highest BCUT2D eigenvalue weighted by Gasteiger charge is 2.25. The monoisotopic (exact) mass is 409 g/mol. The summed E-state index contributed by atoms with van der Waals surface area (Å²) >= 11 is 0. The van der Waals surface area contributed by atoms with Gasteiger partial charge in [-0.1, -0.05) is 78.9 Å². The van der Waals surface area contributed by atoms with Gasteiger partial charge >= 0.3 is 0 Å². The maximum Gasteiger partial charge on any atom is 0.269 e. The number of hydrogen-bond acceptors (Lipinski definition) is 5.